The molecule has 0 radical (unpaired) electrons. The van der Waals surface area contributed by atoms with Gasteiger partial charge in [0.2, 0.25) is 15.8 Å². The highest BCUT2D eigenvalue weighted by Gasteiger charge is 2.13. The van der Waals surface area contributed by atoms with Crippen LogP contribution < -0.4 is 4.72 Å². The standard InChI is InChI=1S/C13H12BrNO3S2/c1-8-7-11(19-13(8)14)12(16)9-3-5-10(6-4-9)15-20(2,17)18/h3-7,15H,1-2H3. The highest BCUT2D eigenvalue weighted by Crippen LogP contribution is 2.29. The first-order valence-corrected chi connectivity index (χ1v) is 9.15. The van der Waals surface area contributed by atoms with Crippen LogP contribution in [0.4, 0.5) is 5.69 Å². The Hall–Kier alpha value is -1.18. The van der Waals surface area contributed by atoms with Crippen molar-refractivity contribution in [3.05, 3.63) is 50.1 Å². The molecule has 2 rings (SSSR count). The molecule has 20 heavy (non-hydrogen) atoms. The van der Waals surface area contributed by atoms with Crippen LogP contribution in [0.25, 0.3) is 0 Å². The first kappa shape index (κ1) is 15.2. The van der Waals surface area contributed by atoms with Gasteiger partial charge in [-0.1, -0.05) is 0 Å². The maximum atomic E-state index is 12.3. The van der Waals surface area contributed by atoms with Crippen LogP contribution >= 0.6 is 27.3 Å². The SMILES string of the molecule is Cc1cc(C(=O)c2ccc(NS(C)(=O)=O)cc2)sc1Br. The van der Waals surface area contributed by atoms with Crippen LogP contribution in [0.15, 0.2) is 34.1 Å². The molecule has 0 saturated heterocycles. The molecular formula is C13H12BrNO3S2. The average Bonchev–Trinajstić information content (AvgIpc) is 2.68. The Labute approximate surface area is 130 Å². The predicted octanol–water partition coefficient (Wildman–Crippen LogP) is 3.42. The summed E-state index contributed by atoms with van der Waals surface area (Å²) in [6.45, 7) is 1.93. The van der Waals surface area contributed by atoms with Gasteiger partial charge >= 0.3 is 0 Å². The van der Waals surface area contributed by atoms with Crippen molar-refractivity contribution in [2.45, 2.75) is 6.92 Å². The van der Waals surface area contributed by atoms with E-state index in [1.165, 1.54) is 11.3 Å². The van der Waals surface area contributed by atoms with E-state index in [1.54, 1.807) is 24.3 Å². The van der Waals surface area contributed by atoms with Crippen LogP contribution in [0.1, 0.15) is 20.8 Å². The van der Waals surface area contributed by atoms with Crippen LogP contribution in [0.5, 0.6) is 0 Å². The Balaban J connectivity index is 2.24. The van der Waals surface area contributed by atoms with Gasteiger partial charge in [0.1, 0.15) is 0 Å². The molecule has 0 saturated carbocycles. The summed E-state index contributed by atoms with van der Waals surface area (Å²) in [4.78, 5) is 12.9. The molecule has 106 valence electrons. The minimum Gasteiger partial charge on any atom is -0.288 e. The van der Waals surface area contributed by atoms with Gasteiger partial charge in [-0.15, -0.1) is 11.3 Å². The number of thiophene rings is 1. The van der Waals surface area contributed by atoms with Crippen LogP contribution in [0, 0.1) is 6.92 Å². The van der Waals surface area contributed by atoms with E-state index in [9.17, 15) is 13.2 Å². The number of hydrogen-bond acceptors (Lipinski definition) is 4. The first-order chi connectivity index (χ1) is 9.26. The maximum absolute atomic E-state index is 12.3. The minimum atomic E-state index is -3.30. The predicted molar refractivity (Wildman–Crippen MR) is 85.1 cm³/mol. The molecule has 0 amide bonds. The van der Waals surface area contributed by atoms with Gasteiger partial charge in [0, 0.05) is 11.3 Å². The Morgan fingerprint density at radius 3 is 2.30 bits per heavy atom. The minimum absolute atomic E-state index is 0.0743. The van der Waals surface area contributed by atoms with E-state index in [-0.39, 0.29) is 5.78 Å². The highest BCUT2D eigenvalue weighted by atomic mass is 79.9. The molecule has 0 spiro atoms. The largest absolute Gasteiger partial charge is 0.288 e. The second kappa shape index (κ2) is 5.67. The maximum Gasteiger partial charge on any atom is 0.229 e. The molecule has 1 heterocycles. The summed E-state index contributed by atoms with van der Waals surface area (Å²) in [7, 11) is -3.30. The van der Waals surface area contributed by atoms with Gasteiger partial charge in [-0.25, -0.2) is 8.42 Å². The van der Waals surface area contributed by atoms with E-state index in [1.807, 2.05) is 13.0 Å². The third-order valence-corrected chi connectivity index (χ3v) is 5.27. The second-order valence-electron chi connectivity index (χ2n) is 4.35. The van der Waals surface area contributed by atoms with Crippen molar-refractivity contribution < 1.29 is 13.2 Å². The zero-order valence-electron chi connectivity index (χ0n) is 10.8. The first-order valence-electron chi connectivity index (χ1n) is 5.65. The monoisotopic (exact) mass is 373 g/mol. The molecule has 1 aromatic carbocycles. The molecule has 0 aliphatic heterocycles. The molecule has 1 N–H and O–H groups in total. The molecule has 0 unspecified atom stereocenters. The Kier molecular flexibility index (Phi) is 4.31. The number of sulfonamides is 1. The van der Waals surface area contributed by atoms with Crippen LogP contribution in [0.3, 0.4) is 0 Å². The fourth-order valence-corrected chi connectivity index (χ4v) is 3.68. The molecule has 7 heteroatoms. The number of hydrogen-bond donors (Lipinski definition) is 1. The number of ketones is 1. The summed E-state index contributed by atoms with van der Waals surface area (Å²) in [6, 6.07) is 8.20. The fraction of sp³-hybridized carbons (Fsp3) is 0.154. The normalized spacial score (nSPS) is 11.3. The summed E-state index contributed by atoms with van der Waals surface area (Å²) in [5, 5.41) is 0. The lowest BCUT2D eigenvalue weighted by Gasteiger charge is -2.04. The van der Waals surface area contributed by atoms with E-state index in [4.69, 9.17) is 0 Å². The second-order valence-corrected chi connectivity index (χ2v) is 8.47. The number of halogens is 1. The molecule has 0 bridgehead atoms. The van der Waals surface area contributed by atoms with Crippen molar-refractivity contribution in [1.82, 2.24) is 0 Å². The lowest BCUT2D eigenvalue weighted by Crippen LogP contribution is -2.09. The van der Waals surface area contributed by atoms with Crippen molar-refractivity contribution in [3.63, 3.8) is 0 Å². The number of rotatable bonds is 4. The molecule has 0 aliphatic carbocycles. The Bertz CT molecular complexity index is 729. The van der Waals surface area contributed by atoms with E-state index in [0.717, 1.165) is 15.6 Å². The van der Waals surface area contributed by atoms with Gasteiger partial charge in [-0.2, -0.15) is 0 Å². The molecule has 0 aliphatic rings. The number of anilines is 1. The van der Waals surface area contributed by atoms with Crippen LogP contribution in [0.2, 0.25) is 0 Å². The third-order valence-electron chi connectivity index (χ3n) is 2.53. The molecule has 1 aromatic heterocycles. The number of nitrogens with one attached hydrogen (secondary N) is 1. The summed E-state index contributed by atoms with van der Waals surface area (Å²) >= 11 is 4.78. The van der Waals surface area contributed by atoms with Crippen LogP contribution in [-0.4, -0.2) is 20.5 Å². The van der Waals surface area contributed by atoms with Gasteiger partial charge < -0.3 is 0 Å². The van der Waals surface area contributed by atoms with Gasteiger partial charge in [0.25, 0.3) is 0 Å². The van der Waals surface area contributed by atoms with E-state index in [0.29, 0.717) is 16.1 Å². The van der Waals surface area contributed by atoms with Gasteiger partial charge in [0.05, 0.1) is 14.9 Å². The number of aryl methyl sites for hydroxylation is 1. The Morgan fingerprint density at radius 2 is 1.85 bits per heavy atom. The summed E-state index contributed by atoms with van der Waals surface area (Å²) in [5.74, 6) is -0.0743. The lowest BCUT2D eigenvalue weighted by atomic mass is 10.1. The Morgan fingerprint density at radius 1 is 1.25 bits per heavy atom. The summed E-state index contributed by atoms with van der Waals surface area (Å²) in [5.41, 5.74) is 1.99. The van der Waals surface area contributed by atoms with Gasteiger partial charge in [0.15, 0.2) is 0 Å². The zero-order chi connectivity index (χ0) is 14.9. The number of carbonyl (C=O) groups is 1. The van der Waals surface area contributed by atoms with Crippen molar-refractivity contribution in [3.8, 4) is 0 Å². The van der Waals surface area contributed by atoms with Crippen molar-refractivity contribution in [2.24, 2.45) is 0 Å². The van der Waals surface area contributed by atoms with Crippen molar-refractivity contribution in [2.75, 3.05) is 11.0 Å². The van der Waals surface area contributed by atoms with Crippen molar-refractivity contribution >= 4 is 48.8 Å². The summed E-state index contributed by atoms with van der Waals surface area (Å²) < 4.78 is 25.5. The average molecular weight is 374 g/mol. The number of benzene rings is 1. The van der Waals surface area contributed by atoms with Crippen molar-refractivity contribution in [1.29, 1.82) is 0 Å². The van der Waals surface area contributed by atoms with E-state index < -0.39 is 10.0 Å². The lowest BCUT2D eigenvalue weighted by molar-refractivity contribution is 0.104. The van der Waals surface area contributed by atoms with Gasteiger partial charge in [-0.3, -0.25) is 9.52 Å². The van der Waals surface area contributed by atoms with E-state index in [2.05, 4.69) is 20.7 Å². The topological polar surface area (TPSA) is 63.2 Å². The quantitative estimate of drug-likeness (QED) is 0.835. The zero-order valence-corrected chi connectivity index (χ0v) is 14.0. The number of carbonyl (C=O) groups excluding carboxylic acids is 1. The van der Waals surface area contributed by atoms with Crippen LogP contribution in [-0.2, 0) is 10.0 Å². The molecule has 0 fully saturated rings. The smallest absolute Gasteiger partial charge is 0.229 e. The molecule has 4 nitrogen and oxygen atoms in total. The molecule has 0 atom stereocenters. The third kappa shape index (κ3) is 3.68. The van der Waals surface area contributed by atoms with E-state index >= 15 is 0 Å². The molecular weight excluding hydrogens is 362 g/mol. The highest BCUT2D eigenvalue weighted by molar-refractivity contribution is 9.11. The fourth-order valence-electron chi connectivity index (χ4n) is 1.62. The van der Waals surface area contributed by atoms with Gasteiger partial charge in [-0.05, 0) is 58.7 Å². The summed E-state index contributed by atoms with van der Waals surface area (Å²) in [6.07, 6.45) is 1.08. The molecule has 2 aromatic rings.